The number of aliphatic hydroxyl groups excluding tert-OH is 1. The second kappa shape index (κ2) is 6.24. The first-order valence-corrected chi connectivity index (χ1v) is 6.45. The first-order valence-electron chi connectivity index (χ1n) is 6.45. The molecule has 1 aliphatic rings. The van der Waals surface area contributed by atoms with Crippen LogP contribution in [0.1, 0.15) is 46.5 Å². The van der Waals surface area contributed by atoms with E-state index in [0.29, 0.717) is 24.8 Å². The minimum Gasteiger partial charge on any atom is -0.393 e. The van der Waals surface area contributed by atoms with Crippen molar-refractivity contribution in [3.8, 4) is 0 Å². The molecule has 1 amide bonds. The van der Waals surface area contributed by atoms with Gasteiger partial charge in [0.2, 0.25) is 5.91 Å². The van der Waals surface area contributed by atoms with Gasteiger partial charge in [0.05, 0.1) is 6.10 Å². The van der Waals surface area contributed by atoms with Crippen molar-refractivity contribution < 1.29 is 9.90 Å². The fourth-order valence-corrected chi connectivity index (χ4v) is 2.10. The summed E-state index contributed by atoms with van der Waals surface area (Å²) in [6.07, 6.45) is 3.41. The van der Waals surface area contributed by atoms with Gasteiger partial charge in [0, 0.05) is 18.9 Å². The van der Waals surface area contributed by atoms with Crippen LogP contribution in [0.25, 0.3) is 0 Å². The molecule has 94 valence electrons. The Bertz CT molecular complexity index is 228. The van der Waals surface area contributed by atoms with Crippen molar-refractivity contribution in [1.29, 1.82) is 0 Å². The minimum absolute atomic E-state index is 0.125. The lowest BCUT2D eigenvalue weighted by Gasteiger charge is -2.18. The second-order valence-electron chi connectivity index (χ2n) is 5.49. The third-order valence-electron chi connectivity index (χ3n) is 3.83. The zero-order chi connectivity index (χ0) is 12.1. The van der Waals surface area contributed by atoms with Crippen LogP contribution in [0.3, 0.4) is 0 Å². The Morgan fingerprint density at radius 1 is 1.38 bits per heavy atom. The smallest absolute Gasteiger partial charge is 0.220 e. The third-order valence-corrected chi connectivity index (χ3v) is 3.83. The zero-order valence-corrected chi connectivity index (χ0v) is 10.7. The van der Waals surface area contributed by atoms with E-state index >= 15 is 0 Å². The van der Waals surface area contributed by atoms with Crippen LogP contribution in [-0.2, 0) is 4.79 Å². The number of carbonyl (C=O) groups excluding carboxylic acids is 1. The molecule has 0 spiro atoms. The number of hydrogen-bond acceptors (Lipinski definition) is 2. The molecule has 0 saturated heterocycles. The Labute approximate surface area is 98.6 Å². The van der Waals surface area contributed by atoms with Crippen LogP contribution in [0.4, 0.5) is 0 Å². The van der Waals surface area contributed by atoms with E-state index < -0.39 is 0 Å². The molecule has 3 nitrogen and oxygen atoms in total. The summed E-state index contributed by atoms with van der Waals surface area (Å²) in [7, 11) is 0. The van der Waals surface area contributed by atoms with E-state index in [1.807, 2.05) is 0 Å². The number of amides is 1. The predicted molar refractivity (Wildman–Crippen MR) is 65.0 cm³/mol. The predicted octanol–water partition coefficient (Wildman–Crippen LogP) is 1.95. The molecule has 1 fully saturated rings. The fraction of sp³-hybridized carbons (Fsp3) is 0.923. The van der Waals surface area contributed by atoms with Crippen LogP contribution in [-0.4, -0.2) is 23.7 Å². The molecule has 0 heterocycles. The van der Waals surface area contributed by atoms with Crippen molar-refractivity contribution in [2.45, 2.75) is 52.6 Å². The van der Waals surface area contributed by atoms with Gasteiger partial charge in [0.1, 0.15) is 0 Å². The van der Waals surface area contributed by atoms with Crippen LogP contribution in [0.15, 0.2) is 0 Å². The summed E-state index contributed by atoms with van der Waals surface area (Å²) in [5.41, 5.74) is 0. The quantitative estimate of drug-likeness (QED) is 0.754. The van der Waals surface area contributed by atoms with E-state index in [1.165, 1.54) is 0 Å². The van der Waals surface area contributed by atoms with Gasteiger partial charge >= 0.3 is 0 Å². The standard InChI is InChI=1S/C13H25NO2/c1-9(2)10(3)7-13(16)14-8-11-5-4-6-12(11)15/h9-12,15H,4-8H2,1-3H3,(H,14,16). The average Bonchev–Trinajstić information content (AvgIpc) is 2.61. The van der Waals surface area contributed by atoms with Crippen molar-refractivity contribution >= 4 is 5.91 Å². The lowest BCUT2D eigenvalue weighted by Crippen LogP contribution is -2.33. The highest BCUT2D eigenvalue weighted by atomic mass is 16.3. The molecule has 1 aliphatic carbocycles. The highest BCUT2D eigenvalue weighted by Gasteiger charge is 2.25. The van der Waals surface area contributed by atoms with Crippen molar-refractivity contribution in [2.75, 3.05) is 6.54 Å². The van der Waals surface area contributed by atoms with Gasteiger partial charge in [-0.15, -0.1) is 0 Å². The SMILES string of the molecule is CC(C)C(C)CC(=O)NCC1CCCC1O. The van der Waals surface area contributed by atoms with Crippen molar-refractivity contribution in [1.82, 2.24) is 5.32 Å². The molecule has 1 rings (SSSR count). The molecule has 16 heavy (non-hydrogen) atoms. The molecule has 0 bridgehead atoms. The van der Waals surface area contributed by atoms with Gasteiger partial charge < -0.3 is 10.4 Å². The highest BCUT2D eigenvalue weighted by Crippen LogP contribution is 2.24. The lowest BCUT2D eigenvalue weighted by atomic mass is 9.94. The molecule has 0 radical (unpaired) electrons. The monoisotopic (exact) mass is 227 g/mol. The maximum absolute atomic E-state index is 11.6. The topological polar surface area (TPSA) is 49.3 Å². The maximum atomic E-state index is 11.6. The number of hydrogen-bond donors (Lipinski definition) is 2. The molecule has 1 saturated carbocycles. The fourth-order valence-electron chi connectivity index (χ4n) is 2.10. The summed E-state index contributed by atoms with van der Waals surface area (Å²) in [5.74, 6) is 1.37. The lowest BCUT2D eigenvalue weighted by molar-refractivity contribution is -0.122. The van der Waals surface area contributed by atoms with E-state index in [1.54, 1.807) is 0 Å². The van der Waals surface area contributed by atoms with Gasteiger partial charge in [0.15, 0.2) is 0 Å². The van der Waals surface area contributed by atoms with E-state index in [4.69, 9.17) is 0 Å². The van der Waals surface area contributed by atoms with Gasteiger partial charge in [-0.05, 0) is 24.7 Å². The van der Waals surface area contributed by atoms with E-state index in [2.05, 4.69) is 26.1 Å². The molecule has 3 unspecified atom stereocenters. The Balaban J connectivity index is 2.19. The zero-order valence-electron chi connectivity index (χ0n) is 10.7. The van der Waals surface area contributed by atoms with Gasteiger partial charge in [-0.25, -0.2) is 0 Å². The van der Waals surface area contributed by atoms with Crippen LogP contribution < -0.4 is 5.32 Å². The molecule has 3 heteroatoms. The van der Waals surface area contributed by atoms with Gasteiger partial charge in [-0.1, -0.05) is 27.2 Å². The first-order chi connectivity index (χ1) is 7.50. The Morgan fingerprint density at radius 3 is 2.56 bits per heavy atom. The Morgan fingerprint density at radius 2 is 2.06 bits per heavy atom. The maximum Gasteiger partial charge on any atom is 0.220 e. The largest absolute Gasteiger partial charge is 0.393 e. The molecule has 3 atom stereocenters. The van der Waals surface area contributed by atoms with E-state index in [-0.39, 0.29) is 17.9 Å². The van der Waals surface area contributed by atoms with Crippen LogP contribution in [0, 0.1) is 17.8 Å². The van der Waals surface area contributed by atoms with Crippen LogP contribution in [0.2, 0.25) is 0 Å². The van der Waals surface area contributed by atoms with Gasteiger partial charge in [0.25, 0.3) is 0 Å². The summed E-state index contributed by atoms with van der Waals surface area (Å²) < 4.78 is 0. The molecule has 0 aromatic carbocycles. The average molecular weight is 227 g/mol. The molecular formula is C13H25NO2. The summed E-state index contributed by atoms with van der Waals surface area (Å²) in [6, 6.07) is 0. The van der Waals surface area contributed by atoms with E-state index in [0.717, 1.165) is 19.3 Å². The highest BCUT2D eigenvalue weighted by molar-refractivity contribution is 5.76. The summed E-state index contributed by atoms with van der Waals surface area (Å²) in [5, 5.41) is 12.6. The van der Waals surface area contributed by atoms with Gasteiger partial charge in [-0.2, -0.15) is 0 Å². The van der Waals surface area contributed by atoms with Crippen molar-refractivity contribution in [3.05, 3.63) is 0 Å². The second-order valence-corrected chi connectivity index (χ2v) is 5.49. The summed E-state index contributed by atoms with van der Waals surface area (Å²) in [6.45, 7) is 7.02. The van der Waals surface area contributed by atoms with Crippen LogP contribution >= 0.6 is 0 Å². The Hall–Kier alpha value is -0.570. The number of aliphatic hydroxyl groups is 1. The van der Waals surface area contributed by atoms with Crippen molar-refractivity contribution in [3.63, 3.8) is 0 Å². The summed E-state index contributed by atoms with van der Waals surface area (Å²) >= 11 is 0. The number of nitrogens with one attached hydrogen (secondary N) is 1. The molecule has 0 aromatic rings. The van der Waals surface area contributed by atoms with Gasteiger partial charge in [-0.3, -0.25) is 4.79 Å². The summed E-state index contributed by atoms with van der Waals surface area (Å²) in [4.78, 5) is 11.6. The van der Waals surface area contributed by atoms with E-state index in [9.17, 15) is 9.90 Å². The molecular weight excluding hydrogens is 202 g/mol. The minimum atomic E-state index is -0.206. The van der Waals surface area contributed by atoms with Crippen LogP contribution in [0.5, 0.6) is 0 Å². The van der Waals surface area contributed by atoms with Crippen molar-refractivity contribution in [2.24, 2.45) is 17.8 Å². The molecule has 2 N–H and O–H groups in total. The molecule has 0 aromatic heterocycles. The number of carbonyl (C=O) groups is 1. The number of rotatable bonds is 5. The normalized spacial score (nSPS) is 27.1. The first kappa shape index (κ1) is 13.5. The third kappa shape index (κ3) is 4.12. The molecule has 0 aliphatic heterocycles. The Kier molecular flexibility index (Phi) is 5.26.